The van der Waals surface area contributed by atoms with E-state index in [0.717, 1.165) is 54.4 Å². The number of hydrogen-bond acceptors (Lipinski definition) is 16. The van der Waals surface area contributed by atoms with Crippen LogP contribution in [0.25, 0.3) is 39.4 Å². The van der Waals surface area contributed by atoms with Crippen LogP contribution >= 0.6 is 23.2 Å². The second-order valence-electron chi connectivity index (χ2n) is 28.1. The maximum atomic E-state index is 15.1. The van der Waals surface area contributed by atoms with Crippen LogP contribution in [0.1, 0.15) is 163 Å². The molecule has 115 heavy (non-hydrogen) atoms. The molecule has 1 aliphatic heterocycles. The van der Waals surface area contributed by atoms with E-state index in [9.17, 15) is 62.7 Å². The fraction of sp³-hybridized carbons (Fsp3) is 0.345. The quantitative estimate of drug-likeness (QED) is 0.0105. The molecule has 606 valence electrons. The molecule has 5 unspecified atom stereocenters. The first-order valence-electron chi connectivity index (χ1n) is 37.3. The average Bonchev–Trinajstić information content (AvgIpc) is 1.65. The molecule has 6 N–H and O–H groups in total. The molecule has 0 spiro atoms. The average molecular weight is 1620 g/mol. The van der Waals surface area contributed by atoms with Gasteiger partial charge in [-0.3, -0.25) is 34.1 Å². The van der Waals surface area contributed by atoms with Crippen molar-refractivity contribution in [3.8, 4) is 57.1 Å². The van der Waals surface area contributed by atoms with E-state index in [0.29, 0.717) is 77.3 Å². The Morgan fingerprint density at radius 2 is 1.17 bits per heavy atom. The maximum absolute atomic E-state index is 15.1. The second-order valence-corrected chi connectivity index (χ2v) is 28.9. The van der Waals surface area contributed by atoms with Crippen LogP contribution in [0.4, 0.5) is 27.6 Å². The number of hydrogen-bond donors (Lipinski definition) is 6. The van der Waals surface area contributed by atoms with Crippen LogP contribution in [0.15, 0.2) is 152 Å². The van der Waals surface area contributed by atoms with E-state index in [1.807, 2.05) is 100 Å². The van der Waals surface area contributed by atoms with E-state index in [1.54, 1.807) is 51.7 Å². The number of pyridine rings is 1. The molecule has 1 aliphatic rings. The molecule has 10 aromatic rings. The van der Waals surface area contributed by atoms with Crippen molar-refractivity contribution in [2.24, 2.45) is 0 Å². The molecule has 5 atom stereocenters. The van der Waals surface area contributed by atoms with Gasteiger partial charge in [0.2, 0.25) is 11.6 Å². The van der Waals surface area contributed by atoms with Gasteiger partial charge in [-0.2, -0.15) is 18.4 Å². The molecule has 0 radical (unpaired) electrons. The Labute approximate surface area is 671 Å². The fourth-order valence-corrected chi connectivity index (χ4v) is 13.2. The summed E-state index contributed by atoms with van der Waals surface area (Å²) in [6.45, 7) is 14.9. The van der Waals surface area contributed by atoms with E-state index < -0.39 is 52.7 Å². The number of aryl methyl sites for hydroxylation is 2. The zero-order valence-electron chi connectivity index (χ0n) is 64.7. The molecule has 5 heterocycles. The largest absolute Gasteiger partial charge is 0.490 e. The predicted molar refractivity (Wildman–Crippen MR) is 425 cm³/mol. The lowest BCUT2D eigenvalue weighted by Gasteiger charge is -2.20. The third-order valence-electron chi connectivity index (χ3n) is 18.6. The Hall–Kier alpha value is -11.6. The van der Waals surface area contributed by atoms with Crippen molar-refractivity contribution >= 4 is 63.9 Å². The van der Waals surface area contributed by atoms with E-state index in [1.165, 1.54) is 62.5 Å². The normalized spacial score (nSPS) is 13.5. The molecule has 0 bridgehead atoms. The number of carbonyl (C=O) groups excluding carboxylic acids is 5. The minimum absolute atomic E-state index is 0.00903. The Morgan fingerprint density at radius 3 is 1.66 bits per heavy atom. The van der Waals surface area contributed by atoms with Gasteiger partial charge in [0.25, 0.3) is 17.7 Å². The fourth-order valence-electron chi connectivity index (χ4n) is 12.8. The number of carbonyl (C=O) groups is 5. The third kappa shape index (κ3) is 23.5. The summed E-state index contributed by atoms with van der Waals surface area (Å²) in [5.41, 5.74) is 6.56. The predicted octanol–water partition coefficient (Wildman–Crippen LogP) is 15.4. The number of nitro groups is 1. The number of alkyl halides is 3. The molecule has 4 amide bonds. The molecule has 6 aromatic carbocycles. The summed E-state index contributed by atoms with van der Waals surface area (Å²) in [5, 5.41) is 51.0. The molecule has 0 saturated carbocycles. The van der Waals surface area contributed by atoms with Crippen LogP contribution in [-0.2, 0) is 37.1 Å². The van der Waals surface area contributed by atoms with Crippen molar-refractivity contribution in [1.82, 2.24) is 49.8 Å². The standard InChI is InChI=1S/C28H30ClF3N4O4.C28H32ClF2N3O3.C28H27N5O5/c1-5-36-15-23(35-26(36)16(2)37)19-8-6-18(7-9-19)12-21(14-25(38)33-4)34-27(39)20-10-11-24(22(29)13-20)40-17(3)28(30,31)32;1-16(2)37-26-7-6-18(11-22(26)29)28(36)32-20(8-10-35)14-21-23(30)12-19(13-24(21)31)25-15-34-9-4-5-17(3)27(34)33-25;1-18(2)38-26-10-9-21(15-22(26)16-29)28(35)30-23(11-13-34)14-19-5-7-20(8-6-19)24-17-32-12-3-4-25(33(36)37)27(32)31-24/h6-11,13,15,17,21H,5,12,14H2,1-4H3,(H,33,38)(H,34,39);6-7,11-13,15-17,20,35H,4-5,8-10,14H2,1-3H3,(H,32,36);3-10,12,15,17-18,23,34H,11,13-14H2,1-2H3,(H,30,35). The number of aromatic nitrogens is 6. The number of halogens is 7. The molecular formula is C84H89Cl2F5N12O12. The van der Waals surface area contributed by atoms with E-state index in [2.05, 4.69) is 49.2 Å². The van der Waals surface area contributed by atoms with Crippen LogP contribution in [0.2, 0.25) is 10.0 Å². The molecule has 4 aromatic heterocycles. The minimum Gasteiger partial charge on any atom is -0.490 e. The summed E-state index contributed by atoms with van der Waals surface area (Å²) in [6, 6.07) is 34.0. The molecule has 11 rings (SSSR count). The highest BCUT2D eigenvalue weighted by molar-refractivity contribution is 6.32. The van der Waals surface area contributed by atoms with Gasteiger partial charge in [0.15, 0.2) is 17.7 Å². The van der Waals surface area contributed by atoms with Crippen molar-refractivity contribution in [2.75, 3.05) is 20.3 Å². The number of benzene rings is 6. The summed E-state index contributed by atoms with van der Waals surface area (Å²) in [7, 11) is 1.49. The third-order valence-corrected chi connectivity index (χ3v) is 19.2. The number of imidazole rings is 3. The molecule has 0 saturated heterocycles. The number of aliphatic hydroxyl groups is 2. The zero-order chi connectivity index (χ0) is 83.5. The van der Waals surface area contributed by atoms with Gasteiger partial charge in [-0.25, -0.2) is 23.7 Å². The summed E-state index contributed by atoms with van der Waals surface area (Å²) in [6.07, 6.45) is 3.49. The Kier molecular flexibility index (Phi) is 30.3. The molecule has 0 aliphatic carbocycles. The van der Waals surface area contributed by atoms with E-state index in [-0.39, 0.29) is 118 Å². The highest BCUT2D eigenvalue weighted by Gasteiger charge is 2.38. The monoisotopic (exact) mass is 1620 g/mol. The first kappa shape index (κ1) is 87.4. The van der Waals surface area contributed by atoms with E-state index >= 15 is 8.78 Å². The second kappa shape index (κ2) is 39.9. The Balaban J connectivity index is 0.000000197. The first-order valence-corrected chi connectivity index (χ1v) is 38.0. The number of nitrogens with zero attached hydrogens (tertiary/aromatic N) is 8. The number of aliphatic hydroxyl groups excluding tert-OH is 2. The summed E-state index contributed by atoms with van der Waals surface area (Å²) in [4.78, 5) is 87.1. The van der Waals surface area contributed by atoms with Gasteiger partial charge >= 0.3 is 11.9 Å². The van der Waals surface area contributed by atoms with Gasteiger partial charge < -0.3 is 59.2 Å². The minimum atomic E-state index is -4.57. The number of nitrogens with one attached hydrogen (secondary N) is 4. The molecule has 31 heteroatoms. The van der Waals surface area contributed by atoms with E-state index in [4.69, 9.17) is 37.4 Å². The van der Waals surface area contributed by atoms with Gasteiger partial charge in [0, 0.05) is 141 Å². The highest BCUT2D eigenvalue weighted by Crippen LogP contribution is 2.35. The van der Waals surface area contributed by atoms with Gasteiger partial charge in [-0.1, -0.05) is 78.7 Å². The lowest BCUT2D eigenvalue weighted by molar-refractivity contribution is -0.383. The number of amides is 4. The lowest BCUT2D eigenvalue weighted by Crippen LogP contribution is -2.40. The molecule has 24 nitrogen and oxygen atoms in total. The van der Waals surface area contributed by atoms with Crippen LogP contribution in [0.3, 0.4) is 0 Å². The summed E-state index contributed by atoms with van der Waals surface area (Å²) < 4.78 is 90.3. The van der Waals surface area contributed by atoms with Crippen molar-refractivity contribution < 1.29 is 75.3 Å². The number of ketones is 1. The van der Waals surface area contributed by atoms with Gasteiger partial charge in [-0.05, 0) is 170 Å². The highest BCUT2D eigenvalue weighted by atomic mass is 35.5. The Morgan fingerprint density at radius 1 is 0.670 bits per heavy atom. The zero-order valence-corrected chi connectivity index (χ0v) is 66.2. The maximum Gasteiger partial charge on any atom is 0.425 e. The summed E-state index contributed by atoms with van der Waals surface area (Å²) in [5.74, 6) is -0.932. The van der Waals surface area contributed by atoms with Crippen LogP contribution in [0.5, 0.6) is 17.2 Å². The van der Waals surface area contributed by atoms with Crippen molar-refractivity contribution in [1.29, 1.82) is 5.26 Å². The Bertz CT molecular complexity index is 5140. The number of nitriles is 1. The first-order chi connectivity index (χ1) is 54.8. The molecular weight excluding hydrogens is 1530 g/mol. The smallest absolute Gasteiger partial charge is 0.425 e. The number of Topliss-reactive ketones (excluding diaryl/α,β-unsaturated/α-hetero) is 1. The lowest BCUT2D eigenvalue weighted by atomic mass is 9.99. The van der Waals surface area contributed by atoms with Gasteiger partial charge in [0.05, 0.1) is 49.8 Å². The van der Waals surface area contributed by atoms with Crippen LogP contribution < -0.4 is 35.5 Å². The number of rotatable bonds is 30. The number of fused-ring (bicyclic) bond motifs is 2. The summed E-state index contributed by atoms with van der Waals surface area (Å²) >= 11 is 12.3. The van der Waals surface area contributed by atoms with Crippen molar-refractivity contribution in [2.45, 2.75) is 168 Å². The van der Waals surface area contributed by atoms with Gasteiger partial charge in [0.1, 0.15) is 40.8 Å². The molecule has 0 fully saturated rings. The van der Waals surface area contributed by atoms with Crippen molar-refractivity contribution in [3.63, 3.8) is 0 Å². The van der Waals surface area contributed by atoms with Crippen LogP contribution in [0, 0.1) is 33.1 Å². The van der Waals surface area contributed by atoms with Crippen LogP contribution in [-0.4, -0.2) is 136 Å². The number of ether oxygens (including phenoxy) is 3. The van der Waals surface area contributed by atoms with Crippen molar-refractivity contribution in [3.05, 3.63) is 235 Å². The SMILES string of the molecule is CC(C)Oc1ccc(C(=O)NC(CCO)Cc2c(F)cc(-c3cn4c(n3)C(C)CCC4)cc2F)cc1Cl.CC(C)Oc1ccc(C(=O)NC(CCO)Cc2ccc(-c3cn4cccc([N+](=O)[O-])c4n3)cc2)cc1C#N.CCn1cc(-c2ccc(CC(CC(=O)NC)NC(=O)c3ccc(OC(C)C(F)(F)F)c(Cl)c3)cc2)nc1C(C)=O. The van der Waals surface area contributed by atoms with Gasteiger partial charge in [-0.15, -0.1) is 0 Å². The topological polar surface area (TPSA) is 321 Å².